The van der Waals surface area contributed by atoms with Crippen LogP contribution in [0.2, 0.25) is 0 Å². The highest BCUT2D eigenvalue weighted by Gasteiger charge is 2.43. The molecule has 1 aromatic rings. The quantitative estimate of drug-likeness (QED) is 0.171. The van der Waals surface area contributed by atoms with Gasteiger partial charge < -0.3 is 31.7 Å². The van der Waals surface area contributed by atoms with Gasteiger partial charge in [-0.15, -0.1) is 18.1 Å². The van der Waals surface area contributed by atoms with Crippen molar-refractivity contribution in [1.29, 1.82) is 0 Å². The van der Waals surface area contributed by atoms with E-state index in [0.29, 0.717) is 5.75 Å². The Morgan fingerprint density at radius 2 is 0.730 bits per heavy atom. The van der Waals surface area contributed by atoms with Crippen molar-refractivity contribution in [2.75, 3.05) is 46.2 Å². The van der Waals surface area contributed by atoms with E-state index in [9.17, 15) is 0 Å². The van der Waals surface area contributed by atoms with Crippen LogP contribution in [0.25, 0.3) is 0 Å². The van der Waals surface area contributed by atoms with Crippen molar-refractivity contribution in [2.24, 2.45) is 18.1 Å². The highest BCUT2D eigenvalue weighted by molar-refractivity contribution is 7.78. The first-order chi connectivity index (χ1) is 17.7. The number of nitrogens with zero attached hydrogens (tertiary/aromatic N) is 4. The topological polar surface area (TPSA) is 123 Å². The summed E-state index contributed by atoms with van der Waals surface area (Å²) in [5.41, 5.74) is 1.08. The highest BCUT2D eigenvalue weighted by atomic mass is 31.3. The van der Waals surface area contributed by atoms with Crippen LogP contribution in [0, 0.1) is 6.92 Å². The molecule has 1 aromatic carbocycles. The van der Waals surface area contributed by atoms with Crippen molar-refractivity contribution < 1.29 is 36.2 Å². The zero-order valence-corrected chi connectivity index (χ0v) is 26.7. The number of hydrogen-bond donors (Lipinski definition) is 0. The summed E-state index contributed by atoms with van der Waals surface area (Å²) >= 11 is 0. The molecule has 1 heterocycles. The van der Waals surface area contributed by atoms with Crippen molar-refractivity contribution in [1.82, 2.24) is 0 Å². The molecule has 1 aliphatic heterocycles. The second-order valence-electron chi connectivity index (χ2n) is 7.15. The molecule has 0 spiro atoms. The number of rotatable bonds is 16. The molecular formula is C21H42N4O8P4. The molecule has 16 heteroatoms. The van der Waals surface area contributed by atoms with Gasteiger partial charge in [0.15, 0.2) is 0 Å². The molecule has 0 radical (unpaired) electrons. The molecule has 2 rings (SSSR count). The van der Waals surface area contributed by atoms with Crippen LogP contribution < -0.4 is 4.52 Å². The molecule has 1 atom stereocenters. The Hall–Kier alpha value is -0.340. The van der Waals surface area contributed by atoms with Crippen molar-refractivity contribution in [3.05, 3.63) is 29.8 Å². The monoisotopic (exact) mass is 602 g/mol. The summed E-state index contributed by atoms with van der Waals surface area (Å²) in [5, 5.41) is 0. The Morgan fingerprint density at radius 1 is 0.459 bits per heavy atom. The van der Waals surface area contributed by atoms with Crippen molar-refractivity contribution in [2.45, 2.75) is 55.4 Å². The molecule has 214 valence electrons. The molecule has 0 aliphatic carbocycles. The third-order valence-electron chi connectivity index (χ3n) is 4.23. The number of hydrogen-bond acceptors (Lipinski definition) is 12. The summed E-state index contributed by atoms with van der Waals surface area (Å²) in [6, 6.07) is 7.51. The SMILES string of the molecule is CCOP1(OCC)=NP(OCC)(OCC)=NP(OCC)(Oc2ccc(C)cc2)=NP(OCC)(OCC)=N1. The maximum Gasteiger partial charge on any atom is 0.402 e. The zero-order chi connectivity index (χ0) is 27.4. The molecule has 0 N–H and O–H groups in total. The summed E-state index contributed by atoms with van der Waals surface area (Å²) in [7, 11) is -13.9. The molecular weight excluding hydrogens is 560 g/mol. The van der Waals surface area contributed by atoms with Crippen LogP contribution in [0.1, 0.15) is 54.0 Å². The maximum atomic E-state index is 6.46. The van der Waals surface area contributed by atoms with Crippen LogP contribution in [0.15, 0.2) is 42.3 Å². The molecule has 1 unspecified atom stereocenters. The molecule has 0 bridgehead atoms. The summed E-state index contributed by atoms with van der Waals surface area (Å²) < 4.78 is 69.3. The first kappa shape index (κ1) is 32.9. The summed E-state index contributed by atoms with van der Waals surface area (Å²) in [5.74, 6) is 0.508. The fourth-order valence-electron chi connectivity index (χ4n) is 3.09. The molecule has 1 aliphatic rings. The molecule has 0 amide bonds. The van der Waals surface area contributed by atoms with Crippen LogP contribution in [-0.2, 0) is 31.7 Å². The van der Waals surface area contributed by atoms with Crippen LogP contribution >= 0.6 is 30.6 Å². The van der Waals surface area contributed by atoms with E-state index < -0.39 is 30.6 Å². The summed E-state index contributed by atoms with van der Waals surface area (Å²) in [4.78, 5) is 0. The van der Waals surface area contributed by atoms with Gasteiger partial charge in [0.2, 0.25) is 0 Å². The third-order valence-corrected chi connectivity index (χ3v) is 16.1. The first-order valence-electron chi connectivity index (χ1n) is 12.6. The van der Waals surface area contributed by atoms with Crippen LogP contribution in [0.5, 0.6) is 5.75 Å². The number of aryl methyl sites for hydroxylation is 1. The maximum absolute atomic E-state index is 6.46. The minimum absolute atomic E-state index is 0.236. The highest BCUT2D eigenvalue weighted by Crippen LogP contribution is 2.80. The Morgan fingerprint density at radius 3 is 1.05 bits per heavy atom. The van der Waals surface area contributed by atoms with Crippen LogP contribution in [0.3, 0.4) is 0 Å². The molecule has 0 aromatic heterocycles. The lowest BCUT2D eigenvalue weighted by atomic mass is 10.2. The summed E-state index contributed by atoms with van der Waals surface area (Å²) in [6.07, 6.45) is 0. The standard InChI is InChI=1S/C21H42N4O8P4/c1-9-26-34(27-10-2)22-35(28-11-3,29-12-4)24-37(32-15-7,33-21-18-16-20(8)17-19-21)25-36(23-34,30-13-5)31-14-6/h16-19H,9-15H2,1-8H3. The largest absolute Gasteiger partial charge is 0.422 e. The zero-order valence-electron chi connectivity index (χ0n) is 23.1. The molecule has 0 fully saturated rings. The predicted octanol–water partition coefficient (Wildman–Crippen LogP) is 9.43. The molecule has 0 saturated carbocycles. The average molecular weight is 602 g/mol. The summed E-state index contributed by atoms with van der Waals surface area (Å²) in [6.45, 7) is 16.6. The second kappa shape index (κ2) is 15.4. The van der Waals surface area contributed by atoms with Crippen LogP contribution in [0.4, 0.5) is 0 Å². The molecule has 37 heavy (non-hydrogen) atoms. The van der Waals surface area contributed by atoms with Gasteiger partial charge in [0.1, 0.15) is 5.75 Å². The first-order valence-corrected chi connectivity index (χ1v) is 18.7. The molecule has 12 nitrogen and oxygen atoms in total. The van der Waals surface area contributed by atoms with Crippen molar-refractivity contribution >= 4 is 30.6 Å². The van der Waals surface area contributed by atoms with E-state index in [1.54, 1.807) is 0 Å². The number of benzene rings is 1. The van der Waals surface area contributed by atoms with E-state index in [4.69, 9.17) is 54.3 Å². The van der Waals surface area contributed by atoms with Gasteiger partial charge in [-0.2, -0.15) is 0 Å². The van der Waals surface area contributed by atoms with Crippen LogP contribution in [-0.4, -0.2) is 46.2 Å². The van der Waals surface area contributed by atoms with Gasteiger partial charge in [-0.1, -0.05) is 17.7 Å². The average Bonchev–Trinajstić information content (AvgIpc) is 2.81. The van der Waals surface area contributed by atoms with Gasteiger partial charge in [0.05, 0.1) is 46.2 Å². The fraction of sp³-hybridized carbons (Fsp3) is 0.714. The van der Waals surface area contributed by atoms with E-state index in [1.807, 2.05) is 79.7 Å². The Labute approximate surface area is 222 Å². The van der Waals surface area contributed by atoms with E-state index in [2.05, 4.69) is 0 Å². The van der Waals surface area contributed by atoms with E-state index in [-0.39, 0.29) is 46.2 Å². The smallest absolute Gasteiger partial charge is 0.402 e. The van der Waals surface area contributed by atoms with Gasteiger partial charge in [0.25, 0.3) is 0 Å². The van der Waals surface area contributed by atoms with Gasteiger partial charge in [0, 0.05) is 0 Å². The Kier molecular flexibility index (Phi) is 13.7. The Bertz CT molecular complexity index is 1040. The van der Waals surface area contributed by atoms with E-state index >= 15 is 0 Å². The lowest BCUT2D eigenvalue weighted by Crippen LogP contribution is -2.05. The van der Waals surface area contributed by atoms with Gasteiger partial charge in [-0.05, 0) is 67.5 Å². The predicted molar refractivity (Wildman–Crippen MR) is 151 cm³/mol. The second-order valence-corrected chi connectivity index (χ2v) is 15.9. The van der Waals surface area contributed by atoms with E-state index in [1.165, 1.54) is 0 Å². The van der Waals surface area contributed by atoms with Gasteiger partial charge in [-0.25, -0.2) is 0 Å². The lowest BCUT2D eigenvalue weighted by molar-refractivity contribution is 0.240. The third kappa shape index (κ3) is 9.09. The lowest BCUT2D eigenvalue weighted by Gasteiger charge is -2.32. The van der Waals surface area contributed by atoms with E-state index in [0.717, 1.165) is 5.56 Å². The minimum Gasteiger partial charge on any atom is -0.422 e. The fourth-order valence-corrected chi connectivity index (χ4v) is 15.7. The van der Waals surface area contributed by atoms with Gasteiger partial charge >= 0.3 is 30.6 Å². The minimum atomic E-state index is -3.59. The van der Waals surface area contributed by atoms with Crippen molar-refractivity contribution in [3.8, 4) is 5.75 Å². The van der Waals surface area contributed by atoms with Gasteiger partial charge in [-0.3, -0.25) is 4.52 Å². The normalized spacial score (nSPS) is 21.9. The Balaban J connectivity index is 3.10. The van der Waals surface area contributed by atoms with Crippen molar-refractivity contribution in [3.63, 3.8) is 0 Å². The molecule has 0 saturated heterocycles.